The molecule has 152 valence electrons. The molecule has 7 heteroatoms. The van der Waals surface area contributed by atoms with Crippen molar-refractivity contribution in [3.8, 4) is 10.7 Å². The Morgan fingerprint density at radius 3 is 2.48 bits per heavy atom. The smallest absolute Gasteiger partial charge is 0.307 e. The topological polar surface area (TPSA) is 78.4 Å². The van der Waals surface area contributed by atoms with E-state index in [2.05, 4.69) is 43.4 Å². The monoisotopic (exact) mass is 410 g/mol. The van der Waals surface area contributed by atoms with Crippen LogP contribution in [0.15, 0.2) is 36.4 Å². The Labute approximate surface area is 175 Å². The SMILES string of the molecule is CCc1c(C)nc(-c2ccc(CN(C)C)s2)nc1Nc1ccc(CC(=O)O)cc1. The molecule has 0 radical (unpaired) electrons. The van der Waals surface area contributed by atoms with Gasteiger partial charge in [0.05, 0.1) is 11.3 Å². The van der Waals surface area contributed by atoms with E-state index in [-0.39, 0.29) is 6.42 Å². The summed E-state index contributed by atoms with van der Waals surface area (Å²) in [5, 5.41) is 12.3. The lowest BCUT2D eigenvalue weighted by molar-refractivity contribution is -0.136. The Hall–Kier alpha value is -2.77. The number of nitrogens with zero attached hydrogens (tertiary/aromatic N) is 3. The van der Waals surface area contributed by atoms with Gasteiger partial charge < -0.3 is 15.3 Å². The summed E-state index contributed by atoms with van der Waals surface area (Å²) in [6.45, 7) is 5.00. The van der Waals surface area contributed by atoms with E-state index in [9.17, 15) is 4.79 Å². The van der Waals surface area contributed by atoms with Crippen LogP contribution in [0.3, 0.4) is 0 Å². The van der Waals surface area contributed by atoms with E-state index in [1.54, 1.807) is 11.3 Å². The number of benzene rings is 1. The van der Waals surface area contributed by atoms with Crippen molar-refractivity contribution >= 4 is 28.8 Å². The molecule has 0 saturated carbocycles. The highest BCUT2D eigenvalue weighted by Crippen LogP contribution is 2.30. The van der Waals surface area contributed by atoms with Crippen LogP contribution in [-0.2, 0) is 24.2 Å². The summed E-state index contributed by atoms with van der Waals surface area (Å²) < 4.78 is 0. The number of carbonyl (C=O) groups is 1. The molecular formula is C22H26N4O2S. The molecule has 0 aliphatic carbocycles. The molecule has 0 saturated heterocycles. The zero-order valence-electron chi connectivity index (χ0n) is 17.2. The number of nitrogens with one attached hydrogen (secondary N) is 1. The van der Waals surface area contributed by atoms with Gasteiger partial charge in [-0.25, -0.2) is 9.97 Å². The molecule has 0 aliphatic rings. The molecule has 0 bridgehead atoms. The summed E-state index contributed by atoms with van der Waals surface area (Å²) in [4.78, 5) is 24.9. The fourth-order valence-corrected chi connectivity index (χ4v) is 4.20. The number of hydrogen-bond acceptors (Lipinski definition) is 6. The van der Waals surface area contributed by atoms with Crippen LogP contribution in [0, 0.1) is 6.92 Å². The Kier molecular flexibility index (Phi) is 6.61. The van der Waals surface area contributed by atoms with Crippen molar-refractivity contribution in [1.82, 2.24) is 14.9 Å². The van der Waals surface area contributed by atoms with Crippen LogP contribution in [0.2, 0.25) is 0 Å². The molecule has 0 unspecified atom stereocenters. The largest absolute Gasteiger partial charge is 0.481 e. The first-order chi connectivity index (χ1) is 13.9. The third kappa shape index (κ3) is 5.40. The standard InChI is InChI=1S/C22H26N4O2S/c1-5-18-14(2)23-22(19-11-10-17(29-19)13-26(3)4)25-21(18)24-16-8-6-15(7-9-16)12-20(27)28/h6-11H,5,12-13H2,1-4H3,(H,27,28)(H,23,24,25). The number of carboxylic acid groups (broad SMARTS) is 1. The van der Waals surface area contributed by atoms with Gasteiger partial charge in [0.2, 0.25) is 0 Å². The van der Waals surface area contributed by atoms with E-state index in [1.807, 2.05) is 31.2 Å². The summed E-state index contributed by atoms with van der Waals surface area (Å²) in [7, 11) is 4.11. The highest BCUT2D eigenvalue weighted by Gasteiger charge is 2.14. The van der Waals surface area contributed by atoms with Crippen molar-refractivity contribution in [1.29, 1.82) is 0 Å². The van der Waals surface area contributed by atoms with Gasteiger partial charge in [-0.05, 0) is 57.3 Å². The van der Waals surface area contributed by atoms with E-state index >= 15 is 0 Å². The van der Waals surface area contributed by atoms with Crippen LogP contribution >= 0.6 is 11.3 Å². The van der Waals surface area contributed by atoms with E-state index in [0.717, 1.165) is 52.0 Å². The third-order valence-electron chi connectivity index (χ3n) is 4.49. The van der Waals surface area contributed by atoms with Crippen LogP contribution < -0.4 is 5.32 Å². The number of thiophene rings is 1. The summed E-state index contributed by atoms with van der Waals surface area (Å²) >= 11 is 1.71. The Balaban J connectivity index is 1.89. The number of anilines is 2. The summed E-state index contributed by atoms with van der Waals surface area (Å²) in [5.41, 5.74) is 3.68. The maximum absolute atomic E-state index is 10.9. The molecule has 0 spiro atoms. The molecule has 0 fully saturated rings. The zero-order chi connectivity index (χ0) is 21.0. The predicted molar refractivity (Wildman–Crippen MR) is 118 cm³/mol. The van der Waals surface area contributed by atoms with Crippen molar-refractivity contribution in [3.05, 3.63) is 58.1 Å². The van der Waals surface area contributed by atoms with Gasteiger partial charge in [0, 0.05) is 28.4 Å². The molecule has 2 heterocycles. The van der Waals surface area contributed by atoms with Gasteiger partial charge in [-0.2, -0.15) is 0 Å². The van der Waals surface area contributed by atoms with Crippen LogP contribution in [0.1, 0.15) is 28.6 Å². The van der Waals surface area contributed by atoms with Crippen molar-refractivity contribution in [3.63, 3.8) is 0 Å². The van der Waals surface area contributed by atoms with Gasteiger partial charge >= 0.3 is 5.97 Å². The third-order valence-corrected chi connectivity index (χ3v) is 5.56. The maximum atomic E-state index is 10.9. The molecule has 0 amide bonds. The Bertz CT molecular complexity index is 997. The normalized spacial score (nSPS) is 11.1. The van der Waals surface area contributed by atoms with Crippen molar-refractivity contribution < 1.29 is 9.90 Å². The lowest BCUT2D eigenvalue weighted by Gasteiger charge is -2.14. The van der Waals surface area contributed by atoms with Gasteiger partial charge in [0.15, 0.2) is 5.82 Å². The van der Waals surface area contributed by atoms with E-state index < -0.39 is 5.97 Å². The molecule has 1 aromatic carbocycles. The second-order valence-electron chi connectivity index (χ2n) is 7.21. The molecule has 29 heavy (non-hydrogen) atoms. The van der Waals surface area contributed by atoms with Gasteiger partial charge in [0.1, 0.15) is 5.82 Å². The number of hydrogen-bond donors (Lipinski definition) is 2. The van der Waals surface area contributed by atoms with E-state index in [0.29, 0.717) is 0 Å². The summed E-state index contributed by atoms with van der Waals surface area (Å²) in [6.07, 6.45) is 0.840. The number of rotatable bonds is 8. The highest BCUT2D eigenvalue weighted by molar-refractivity contribution is 7.15. The fourth-order valence-electron chi connectivity index (χ4n) is 3.14. The van der Waals surface area contributed by atoms with Gasteiger partial charge in [-0.15, -0.1) is 11.3 Å². The van der Waals surface area contributed by atoms with E-state index in [4.69, 9.17) is 15.1 Å². The average Bonchev–Trinajstić information content (AvgIpc) is 3.10. The lowest BCUT2D eigenvalue weighted by Crippen LogP contribution is -2.09. The van der Waals surface area contributed by atoms with E-state index in [1.165, 1.54) is 4.88 Å². The number of aliphatic carboxylic acids is 1. The van der Waals surface area contributed by atoms with Crippen molar-refractivity contribution in [2.24, 2.45) is 0 Å². The van der Waals surface area contributed by atoms with Gasteiger partial charge in [-0.1, -0.05) is 19.1 Å². The average molecular weight is 411 g/mol. The highest BCUT2D eigenvalue weighted by atomic mass is 32.1. The number of aryl methyl sites for hydroxylation is 1. The Morgan fingerprint density at radius 2 is 1.86 bits per heavy atom. The minimum Gasteiger partial charge on any atom is -0.481 e. The quantitative estimate of drug-likeness (QED) is 0.569. The number of aromatic nitrogens is 2. The second-order valence-corrected chi connectivity index (χ2v) is 8.38. The van der Waals surface area contributed by atoms with Crippen molar-refractivity contribution in [2.75, 3.05) is 19.4 Å². The molecule has 0 atom stereocenters. The minimum atomic E-state index is -0.834. The van der Waals surface area contributed by atoms with Crippen LogP contribution in [0.5, 0.6) is 0 Å². The molecule has 0 aliphatic heterocycles. The fraction of sp³-hybridized carbons (Fsp3) is 0.318. The van der Waals surface area contributed by atoms with Crippen LogP contribution in [0.25, 0.3) is 10.7 Å². The first kappa shape index (κ1) is 21.0. The maximum Gasteiger partial charge on any atom is 0.307 e. The predicted octanol–water partition coefficient (Wildman–Crippen LogP) is 4.51. The minimum absolute atomic E-state index is 0.0188. The molecule has 3 rings (SSSR count). The summed E-state index contributed by atoms with van der Waals surface area (Å²) in [5.74, 6) is 0.683. The lowest BCUT2D eigenvalue weighted by atomic mass is 10.1. The molecular weight excluding hydrogens is 384 g/mol. The van der Waals surface area contributed by atoms with Gasteiger partial charge in [0.25, 0.3) is 0 Å². The van der Waals surface area contributed by atoms with Crippen LogP contribution in [-0.4, -0.2) is 40.0 Å². The van der Waals surface area contributed by atoms with Crippen LogP contribution in [0.4, 0.5) is 11.5 Å². The number of carboxylic acids is 1. The second kappa shape index (κ2) is 9.15. The Morgan fingerprint density at radius 1 is 1.14 bits per heavy atom. The zero-order valence-corrected chi connectivity index (χ0v) is 18.0. The molecule has 6 nitrogen and oxygen atoms in total. The van der Waals surface area contributed by atoms with Crippen molar-refractivity contribution in [2.45, 2.75) is 33.2 Å². The van der Waals surface area contributed by atoms with Gasteiger partial charge in [-0.3, -0.25) is 4.79 Å². The molecule has 2 aromatic heterocycles. The molecule has 3 aromatic rings. The molecule has 2 N–H and O–H groups in total. The summed E-state index contributed by atoms with van der Waals surface area (Å²) in [6, 6.07) is 11.6. The first-order valence-electron chi connectivity index (χ1n) is 9.54. The first-order valence-corrected chi connectivity index (χ1v) is 10.4.